The summed E-state index contributed by atoms with van der Waals surface area (Å²) in [6.45, 7) is 10.7. The predicted octanol–water partition coefficient (Wildman–Crippen LogP) is 4.56. The van der Waals surface area contributed by atoms with Crippen LogP contribution in [0.3, 0.4) is 0 Å². The zero-order valence-electron chi connectivity index (χ0n) is 9.03. The van der Waals surface area contributed by atoms with Crippen LogP contribution in [0.4, 0.5) is 0 Å². The van der Waals surface area contributed by atoms with Crippen LogP contribution in [0.2, 0.25) is 0 Å². The van der Waals surface area contributed by atoms with E-state index in [0.717, 1.165) is 5.92 Å². The summed E-state index contributed by atoms with van der Waals surface area (Å²) in [7, 11) is 0. The lowest BCUT2D eigenvalue weighted by molar-refractivity contribution is 0.486. The molecule has 12 heavy (non-hydrogen) atoms. The van der Waals surface area contributed by atoms with Gasteiger partial charge in [-0.3, -0.25) is 0 Å². The van der Waals surface area contributed by atoms with Gasteiger partial charge in [0.05, 0.1) is 0 Å². The van der Waals surface area contributed by atoms with Crippen LogP contribution in [-0.2, 0) is 0 Å². The van der Waals surface area contributed by atoms with Crippen LogP contribution in [0.25, 0.3) is 0 Å². The van der Waals surface area contributed by atoms with Crippen molar-refractivity contribution in [3.63, 3.8) is 0 Å². The fourth-order valence-electron chi connectivity index (χ4n) is 1.62. The number of hydrogen-bond donors (Lipinski definition) is 0. The highest BCUT2D eigenvalue weighted by molar-refractivity contribution is 4.89. The Balaban J connectivity index is 3.19. The van der Waals surface area contributed by atoms with Crippen molar-refractivity contribution in [1.82, 2.24) is 0 Å². The van der Waals surface area contributed by atoms with Gasteiger partial charge in [-0.2, -0.15) is 0 Å². The first kappa shape index (κ1) is 11.7. The average Bonchev–Trinajstić information content (AvgIpc) is 1.97. The standard InChI is InChI=1S/C12H24/c1-5-6-7-8-9-12(4)10-11(2)3/h12H,2,5-10H2,1,3-4H3. The second-order valence-electron chi connectivity index (χ2n) is 4.12. The van der Waals surface area contributed by atoms with Gasteiger partial charge in [-0.05, 0) is 19.3 Å². The molecule has 0 aliphatic carbocycles. The number of rotatable bonds is 7. The fraction of sp³-hybridized carbons (Fsp3) is 0.833. The van der Waals surface area contributed by atoms with Gasteiger partial charge in [0, 0.05) is 0 Å². The van der Waals surface area contributed by atoms with Crippen molar-refractivity contribution < 1.29 is 0 Å². The van der Waals surface area contributed by atoms with Crippen molar-refractivity contribution in [3.05, 3.63) is 12.2 Å². The van der Waals surface area contributed by atoms with Gasteiger partial charge in [-0.15, -0.1) is 6.58 Å². The molecule has 0 aliphatic rings. The number of unbranched alkanes of at least 4 members (excludes halogenated alkanes) is 3. The second-order valence-corrected chi connectivity index (χ2v) is 4.12. The maximum absolute atomic E-state index is 3.94. The van der Waals surface area contributed by atoms with Crippen LogP contribution in [0, 0.1) is 5.92 Å². The molecule has 0 N–H and O–H groups in total. The van der Waals surface area contributed by atoms with Gasteiger partial charge in [0.15, 0.2) is 0 Å². The molecule has 0 bridgehead atoms. The third-order valence-electron chi connectivity index (χ3n) is 2.25. The Hall–Kier alpha value is -0.260. The molecule has 0 rings (SSSR count). The highest BCUT2D eigenvalue weighted by Gasteiger charge is 2.00. The molecule has 0 spiro atoms. The fourth-order valence-corrected chi connectivity index (χ4v) is 1.62. The van der Waals surface area contributed by atoms with Crippen molar-refractivity contribution in [1.29, 1.82) is 0 Å². The molecule has 0 radical (unpaired) electrons. The lowest BCUT2D eigenvalue weighted by atomic mass is 9.96. The minimum Gasteiger partial charge on any atom is -0.100 e. The van der Waals surface area contributed by atoms with Crippen molar-refractivity contribution in [2.24, 2.45) is 5.92 Å². The van der Waals surface area contributed by atoms with Crippen LogP contribution < -0.4 is 0 Å². The Morgan fingerprint density at radius 3 is 2.42 bits per heavy atom. The Morgan fingerprint density at radius 1 is 1.25 bits per heavy atom. The normalized spacial score (nSPS) is 12.9. The molecule has 0 aromatic carbocycles. The van der Waals surface area contributed by atoms with Crippen molar-refractivity contribution >= 4 is 0 Å². The first-order valence-electron chi connectivity index (χ1n) is 5.31. The summed E-state index contributed by atoms with van der Waals surface area (Å²) in [6, 6.07) is 0. The summed E-state index contributed by atoms with van der Waals surface area (Å²) in [6.07, 6.45) is 8.16. The summed E-state index contributed by atoms with van der Waals surface area (Å²) in [5.41, 5.74) is 1.33. The average molecular weight is 168 g/mol. The van der Waals surface area contributed by atoms with Crippen molar-refractivity contribution in [2.75, 3.05) is 0 Å². The van der Waals surface area contributed by atoms with E-state index in [1.54, 1.807) is 0 Å². The summed E-state index contributed by atoms with van der Waals surface area (Å²) in [4.78, 5) is 0. The molecule has 0 aromatic rings. The van der Waals surface area contributed by atoms with E-state index in [1.807, 2.05) is 0 Å². The molecule has 0 saturated carbocycles. The third-order valence-corrected chi connectivity index (χ3v) is 2.25. The van der Waals surface area contributed by atoms with Crippen LogP contribution >= 0.6 is 0 Å². The monoisotopic (exact) mass is 168 g/mol. The number of hydrogen-bond acceptors (Lipinski definition) is 0. The lowest BCUT2D eigenvalue weighted by Crippen LogP contribution is -1.94. The Bertz CT molecular complexity index is 113. The van der Waals surface area contributed by atoms with Crippen molar-refractivity contribution in [3.8, 4) is 0 Å². The van der Waals surface area contributed by atoms with Crippen LogP contribution in [0.15, 0.2) is 12.2 Å². The maximum Gasteiger partial charge on any atom is -0.0300 e. The topological polar surface area (TPSA) is 0 Å². The van der Waals surface area contributed by atoms with Gasteiger partial charge in [0.1, 0.15) is 0 Å². The predicted molar refractivity (Wildman–Crippen MR) is 57.4 cm³/mol. The molecule has 0 amide bonds. The summed E-state index contributed by atoms with van der Waals surface area (Å²) in [5.74, 6) is 0.847. The van der Waals surface area contributed by atoms with E-state index >= 15 is 0 Å². The smallest absolute Gasteiger partial charge is 0.0300 e. The molecule has 0 heterocycles. The lowest BCUT2D eigenvalue weighted by Gasteiger charge is -2.10. The van der Waals surface area contributed by atoms with Crippen LogP contribution in [0.1, 0.15) is 59.3 Å². The molecule has 0 saturated heterocycles. The van der Waals surface area contributed by atoms with E-state index < -0.39 is 0 Å². The minimum atomic E-state index is 0.847. The van der Waals surface area contributed by atoms with Crippen LogP contribution in [0.5, 0.6) is 0 Å². The SMILES string of the molecule is C=C(C)CC(C)CCCCCC. The second kappa shape index (κ2) is 7.39. The molecule has 1 unspecified atom stereocenters. The van der Waals surface area contributed by atoms with Gasteiger partial charge in [-0.1, -0.05) is 51.5 Å². The largest absolute Gasteiger partial charge is 0.100 e. The van der Waals surface area contributed by atoms with Gasteiger partial charge >= 0.3 is 0 Å². The Labute approximate surface area is 78.1 Å². The van der Waals surface area contributed by atoms with E-state index in [2.05, 4.69) is 27.4 Å². The zero-order chi connectivity index (χ0) is 9.40. The molecule has 0 fully saturated rings. The van der Waals surface area contributed by atoms with E-state index in [4.69, 9.17) is 0 Å². The zero-order valence-corrected chi connectivity index (χ0v) is 9.03. The highest BCUT2D eigenvalue weighted by atomic mass is 14.1. The number of allylic oxidation sites excluding steroid dienone is 1. The molecular weight excluding hydrogens is 144 g/mol. The van der Waals surface area contributed by atoms with Crippen molar-refractivity contribution in [2.45, 2.75) is 59.3 Å². The first-order chi connectivity index (χ1) is 5.66. The van der Waals surface area contributed by atoms with Gasteiger partial charge < -0.3 is 0 Å². The molecule has 0 aliphatic heterocycles. The molecule has 0 nitrogen and oxygen atoms in total. The Kier molecular flexibility index (Phi) is 7.23. The van der Waals surface area contributed by atoms with Gasteiger partial charge in [-0.25, -0.2) is 0 Å². The van der Waals surface area contributed by atoms with E-state index in [1.165, 1.54) is 44.1 Å². The maximum atomic E-state index is 3.94. The quantitative estimate of drug-likeness (QED) is 0.386. The molecule has 1 atom stereocenters. The third kappa shape index (κ3) is 7.84. The van der Waals surface area contributed by atoms with E-state index in [-0.39, 0.29) is 0 Å². The minimum absolute atomic E-state index is 0.847. The highest BCUT2D eigenvalue weighted by Crippen LogP contribution is 2.16. The first-order valence-corrected chi connectivity index (χ1v) is 5.31. The molecule has 0 heteroatoms. The van der Waals surface area contributed by atoms with E-state index in [9.17, 15) is 0 Å². The Morgan fingerprint density at radius 2 is 1.92 bits per heavy atom. The van der Waals surface area contributed by atoms with Crippen LogP contribution in [-0.4, -0.2) is 0 Å². The van der Waals surface area contributed by atoms with Gasteiger partial charge in [0.2, 0.25) is 0 Å². The molecule has 0 aromatic heterocycles. The summed E-state index contributed by atoms with van der Waals surface area (Å²) in [5, 5.41) is 0. The summed E-state index contributed by atoms with van der Waals surface area (Å²) >= 11 is 0. The van der Waals surface area contributed by atoms with Gasteiger partial charge in [0.25, 0.3) is 0 Å². The van der Waals surface area contributed by atoms with E-state index in [0.29, 0.717) is 0 Å². The molecule has 72 valence electrons. The molecular formula is C12H24. The summed E-state index contributed by atoms with van der Waals surface area (Å²) < 4.78 is 0.